The molecule has 8 heteroatoms. The fourth-order valence-corrected chi connectivity index (χ4v) is 4.56. The predicted octanol–water partition coefficient (Wildman–Crippen LogP) is 2.22. The van der Waals surface area contributed by atoms with Crippen molar-refractivity contribution in [2.45, 2.75) is 24.2 Å². The Bertz CT molecular complexity index is 1030. The normalized spacial score (nSPS) is 16.1. The van der Waals surface area contributed by atoms with E-state index in [0.717, 1.165) is 12.8 Å². The lowest BCUT2D eigenvalue weighted by Gasteiger charge is -2.18. The Morgan fingerprint density at radius 3 is 2.59 bits per heavy atom. The summed E-state index contributed by atoms with van der Waals surface area (Å²) in [5, 5.41) is 2.68. The van der Waals surface area contributed by atoms with Gasteiger partial charge in [0.1, 0.15) is 0 Å². The molecule has 27 heavy (non-hydrogen) atoms. The van der Waals surface area contributed by atoms with Crippen molar-refractivity contribution in [3.63, 3.8) is 0 Å². The zero-order valence-corrected chi connectivity index (χ0v) is 15.4. The first-order valence-corrected chi connectivity index (χ1v) is 10.3. The molecule has 2 N–H and O–H groups in total. The summed E-state index contributed by atoms with van der Waals surface area (Å²) in [6.07, 6.45) is 2.08. The highest BCUT2D eigenvalue weighted by Crippen LogP contribution is 2.28. The van der Waals surface area contributed by atoms with Gasteiger partial charge in [0.05, 0.1) is 22.6 Å². The Morgan fingerprint density at radius 1 is 1.07 bits per heavy atom. The number of rotatable bonds is 4. The molecule has 2 heterocycles. The summed E-state index contributed by atoms with van der Waals surface area (Å²) in [4.78, 5) is 26.0. The molecule has 0 saturated carbocycles. The molecule has 4 rings (SSSR count). The van der Waals surface area contributed by atoms with Gasteiger partial charge in [-0.15, -0.1) is 0 Å². The maximum absolute atomic E-state index is 12.8. The number of nitrogens with zero attached hydrogens (tertiary/aromatic N) is 1. The molecular weight excluding hydrogens is 366 g/mol. The Balaban J connectivity index is 1.63. The Morgan fingerprint density at radius 2 is 1.81 bits per heavy atom. The van der Waals surface area contributed by atoms with E-state index >= 15 is 0 Å². The lowest BCUT2D eigenvalue weighted by molar-refractivity contribution is -0.115. The second kappa shape index (κ2) is 6.70. The summed E-state index contributed by atoms with van der Waals surface area (Å²) in [5.41, 5.74) is 1.86. The van der Waals surface area contributed by atoms with Crippen LogP contribution < -0.4 is 10.0 Å². The quantitative estimate of drug-likeness (QED) is 0.844. The first-order chi connectivity index (χ1) is 12.9. The monoisotopic (exact) mass is 385 g/mol. The zero-order chi connectivity index (χ0) is 19.0. The van der Waals surface area contributed by atoms with Crippen molar-refractivity contribution in [2.24, 2.45) is 0 Å². The van der Waals surface area contributed by atoms with Crippen molar-refractivity contribution in [3.05, 3.63) is 53.6 Å². The topological polar surface area (TPSA) is 95.6 Å². The van der Waals surface area contributed by atoms with Crippen LogP contribution in [0.4, 0.5) is 11.4 Å². The summed E-state index contributed by atoms with van der Waals surface area (Å²) in [5.74, 6) is -0.330. The van der Waals surface area contributed by atoms with E-state index < -0.39 is 10.0 Å². The molecule has 0 aliphatic carbocycles. The fourth-order valence-electron chi connectivity index (χ4n) is 3.43. The maximum Gasteiger partial charge on any atom is 0.261 e. The van der Waals surface area contributed by atoms with Gasteiger partial charge in [-0.1, -0.05) is 12.1 Å². The Kier molecular flexibility index (Phi) is 4.35. The van der Waals surface area contributed by atoms with Crippen LogP contribution in [0.1, 0.15) is 28.8 Å². The van der Waals surface area contributed by atoms with Crippen molar-refractivity contribution >= 4 is 33.2 Å². The van der Waals surface area contributed by atoms with Gasteiger partial charge in [-0.05, 0) is 48.7 Å². The average molecular weight is 385 g/mol. The predicted molar refractivity (Wildman–Crippen MR) is 101 cm³/mol. The van der Waals surface area contributed by atoms with Gasteiger partial charge >= 0.3 is 0 Å². The van der Waals surface area contributed by atoms with Gasteiger partial charge in [0.15, 0.2) is 0 Å². The third kappa shape index (κ3) is 3.40. The van der Waals surface area contributed by atoms with E-state index in [1.54, 1.807) is 35.2 Å². The van der Waals surface area contributed by atoms with Gasteiger partial charge in [-0.25, -0.2) is 8.42 Å². The summed E-state index contributed by atoms with van der Waals surface area (Å²) in [7, 11) is -3.89. The number of carbonyl (C=O) groups excluding carboxylic acids is 2. The summed E-state index contributed by atoms with van der Waals surface area (Å²) in [6, 6.07) is 11.1. The number of carbonyl (C=O) groups is 2. The second-order valence-electron chi connectivity index (χ2n) is 6.69. The van der Waals surface area contributed by atoms with E-state index in [2.05, 4.69) is 10.0 Å². The molecule has 7 nitrogen and oxygen atoms in total. The average Bonchev–Trinajstić information content (AvgIpc) is 3.29. The second-order valence-corrected chi connectivity index (χ2v) is 8.38. The van der Waals surface area contributed by atoms with Crippen molar-refractivity contribution in [3.8, 4) is 0 Å². The number of likely N-dealkylation sites (tertiary alicyclic amines) is 1. The number of para-hydroxylation sites is 1. The van der Waals surface area contributed by atoms with Crippen molar-refractivity contribution < 1.29 is 18.0 Å². The molecule has 0 atom stereocenters. The minimum atomic E-state index is -3.89. The van der Waals surface area contributed by atoms with Crippen molar-refractivity contribution in [1.29, 1.82) is 0 Å². The van der Waals surface area contributed by atoms with Gasteiger partial charge in [0.2, 0.25) is 5.91 Å². The lowest BCUT2D eigenvalue weighted by atomic mass is 10.1. The molecule has 2 aliphatic heterocycles. The van der Waals surface area contributed by atoms with E-state index in [4.69, 9.17) is 0 Å². The van der Waals surface area contributed by atoms with Gasteiger partial charge in [-0.3, -0.25) is 14.3 Å². The molecule has 2 amide bonds. The molecule has 0 aromatic heterocycles. The number of hydrogen-bond donors (Lipinski definition) is 2. The van der Waals surface area contributed by atoms with Crippen LogP contribution in [0.3, 0.4) is 0 Å². The number of anilines is 2. The number of hydrogen-bond acceptors (Lipinski definition) is 4. The smallest absolute Gasteiger partial charge is 0.261 e. The van der Waals surface area contributed by atoms with Crippen LogP contribution in [-0.4, -0.2) is 38.2 Å². The van der Waals surface area contributed by atoms with E-state index in [1.807, 2.05) is 0 Å². The van der Waals surface area contributed by atoms with Crippen LogP contribution in [0.15, 0.2) is 47.4 Å². The third-order valence-electron chi connectivity index (χ3n) is 4.81. The van der Waals surface area contributed by atoms with E-state index in [1.165, 1.54) is 12.1 Å². The van der Waals surface area contributed by atoms with Gasteiger partial charge in [0.25, 0.3) is 15.9 Å². The molecule has 1 fully saturated rings. The largest absolute Gasteiger partial charge is 0.339 e. The number of nitrogens with one attached hydrogen (secondary N) is 2. The van der Waals surface area contributed by atoms with Crippen LogP contribution in [0, 0.1) is 0 Å². The number of benzene rings is 2. The molecular formula is C19H19N3O4S. The number of fused-ring (bicyclic) bond motifs is 1. The van der Waals surface area contributed by atoms with Crippen LogP contribution in [0.25, 0.3) is 0 Å². The molecule has 2 aromatic rings. The summed E-state index contributed by atoms with van der Waals surface area (Å²) >= 11 is 0. The first-order valence-electron chi connectivity index (χ1n) is 8.78. The van der Waals surface area contributed by atoms with Gasteiger partial charge in [-0.2, -0.15) is 0 Å². The van der Waals surface area contributed by atoms with Gasteiger partial charge < -0.3 is 10.2 Å². The molecule has 0 bridgehead atoms. The SMILES string of the molecule is O=C1Cc2cc(S(=O)(=O)Nc3ccccc3C(=O)N3CCCC3)ccc2N1. The standard InChI is InChI=1S/C19H19N3O4S/c23-18-12-13-11-14(7-8-16(13)20-18)27(25,26)21-17-6-2-1-5-15(17)19(24)22-9-3-4-10-22/h1-2,5-8,11,21H,3-4,9-10,12H2,(H,20,23). The van der Waals surface area contributed by atoms with Crippen LogP contribution in [0.2, 0.25) is 0 Å². The van der Waals surface area contributed by atoms with Crippen LogP contribution in [0.5, 0.6) is 0 Å². The molecule has 0 spiro atoms. The molecule has 0 unspecified atom stereocenters. The molecule has 2 aliphatic rings. The highest BCUT2D eigenvalue weighted by molar-refractivity contribution is 7.92. The third-order valence-corrected chi connectivity index (χ3v) is 6.17. The Hall–Kier alpha value is -2.87. The first kappa shape index (κ1) is 17.5. The Labute approximate surface area is 157 Å². The molecule has 2 aromatic carbocycles. The van der Waals surface area contributed by atoms with Crippen LogP contribution >= 0.6 is 0 Å². The van der Waals surface area contributed by atoms with E-state index in [0.29, 0.717) is 29.9 Å². The van der Waals surface area contributed by atoms with Crippen molar-refractivity contribution in [1.82, 2.24) is 4.90 Å². The van der Waals surface area contributed by atoms with E-state index in [-0.39, 0.29) is 28.8 Å². The van der Waals surface area contributed by atoms with Gasteiger partial charge in [0, 0.05) is 18.8 Å². The van der Waals surface area contributed by atoms with Crippen LogP contribution in [-0.2, 0) is 21.2 Å². The van der Waals surface area contributed by atoms with Crippen molar-refractivity contribution in [2.75, 3.05) is 23.1 Å². The highest BCUT2D eigenvalue weighted by Gasteiger charge is 2.25. The number of sulfonamides is 1. The minimum Gasteiger partial charge on any atom is -0.339 e. The summed E-state index contributed by atoms with van der Waals surface area (Å²) in [6.45, 7) is 1.37. The molecule has 0 radical (unpaired) electrons. The minimum absolute atomic E-state index is 0.0566. The number of amides is 2. The summed E-state index contributed by atoms with van der Waals surface area (Å²) < 4.78 is 28.2. The zero-order valence-electron chi connectivity index (χ0n) is 14.6. The maximum atomic E-state index is 12.8. The highest BCUT2D eigenvalue weighted by atomic mass is 32.2. The molecule has 140 valence electrons. The lowest BCUT2D eigenvalue weighted by Crippen LogP contribution is -2.28. The molecule has 1 saturated heterocycles. The van der Waals surface area contributed by atoms with E-state index in [9.17, 15) is 18.0 Å². The fraction of sp³-hybridized carbons (Fsp3) is 0.263.